The first-order chi connectivity index (χ1) is 15.5. The fraction of sp³-hybridized carbons (Fsp3) is 0.450. The molecule has 0 amide bonds. The molecule has 0 saturated carbocycles. The third-order valence-corrected chi connectivity index (χ3v) is 5.33. The van der Waals surface area contributed by atoms with E-state index in [4.69, 9.17) is 18.9 Å². The molecule has 1 saturated heterocycles. The normalized spacial score (nSPS) is 22.8. The van der Waals surface area contributed by atoms with Gasteiger partial charge in [-0.05, 0) is 17.7 Å². The van der Waals surface area contributed by atoms with Crippen molar-refractivity contribution in [2.24, 2.45) is 0 Å². The molecule has 172 valence electrons. The highest BCUT2D eigenvalue weighted by molar-refractivity contribution is 5.82. The summed E-state index contributed by atoms with van der Waals surface area (Å²) in [6, 6.07) is 3.65. The second-order valence-corrected chi connectivity index (χ2v) is 7.16. The van der Waals surface area contributed by atoms with Crippen LogP contribution in [0.25, 0.3) is 11.2 Å². The molecule has 12 heteroatoms. The number of hydrogen-bond acceptors (Lipinski definition) is 11. The average Bonchev–Trinajstić information content (AvgIpc) is 3.37. The maximum atomic E-state index is 10.3. The monoisotopic (exact) mass is 447 g/mol. The molecule has 0 bridgehead atoms. The van der Waals surface area contributed by atoms with Gasteiger partial charge in [0.25, 0.3) is 0 Å². The Balaban J connectivity index is 1.59. The number of benzene rings is 1. The van der Waals surface area contributed by atoms with E-state index in [1.165, 1.54) is 17.2 Å². The lowest BCUT2D eigenvalue weighted by molar-refractivity contribution is -0.0511. The summed E-state index contributed by atoms with van der Waals surface area (Å²) in [7, 11) is 4.64. The van der Waals surface area contributed by atoms with E-state index in [0.717, 1.165) is 5.56 Å². The maximum absolute atomic E-state index is 10.3. The number of aliphatic hydroxyl groups is 3. The van der Waals surface area contributed by atoms with Crippen LogP contribution < -0.4 is 19.5 Å². The minimum Gasteiger partial charge on any atom is -0.493 e. The summed E-state index contributed by atoms with van der Waals surface area (Å²) >= 11 is 0. The van der Waals surface area contributed by atoms with Crippen LogP contribution in [-0.2, 0) is 11.3 Å². The molecule has 3 heterocycles. The molecule has 1 aliphatic heterocycles. The summed E-state index contributed by atoms with van der Waals surface area (Å²) in [6.07, 6.45) is -1.49. The molecule has 1 aromatic carbocycles. The first-order valence-corrected chi connectivity index (χ1v) is 9.85. The standard InChI is InChI=1S/C20H25N5O7/c1-29-11-4-10(5-12(30-2)17(11)31-3)6-21-18-14-19(23-8-22-18)25(9-24-14)20-16(28)15(27)13(7-26)32-20/h4-5,8-9,13,15-16,20,26-28H,6-7H2,1-3H3,(H,21,22,23)/t13-,15+,16?,20-/m1/s1. The van der Waals surface area contributed by atoms with E-state index in [9.17, 15) is 15.3 Å². The summed E-state index contributed by atoms with van der Waals surface area (Å²) in [5.74, 6) is 2.03. The van der Waals surface area contributed by atoms with Crippen LogP contribution in [0.1, 0.15) is 11.8 Å². The molecule has 4 N–H and O–H groups in total. The quantitative estimate of drug-likeness (QED) is 0.371. The lowest BCUT2D eigenvalue weighted by Crippen LogP contribution is -2.33. The van der Waals surface area contributed by atoms with Gasteiger partial charge in [0, 0.05) is 6.54 Å². The summed E-state index contributed by atoms with van der Waals surface area (Å²) < 4.78 is 23.2. The van der Waals surface area contributed by atoms with Gasteiger partial charge in [0.15, 0.2) is 34.7 Å². The van der Waals surface area contributed by atoms with Gasteiger partial charge in [-0.3, -0.25) is 4.57 Å². The first kappa shape index (κ1) is 22.0. The van der Waals surface area contributed by atoms with Gasteiger partial charge >= 0.3 is 0 Å². The summed E-state index contributed by atoms with van der Waals surface area (Å²) in [4.78, 5) is 12.9. The second kappa shape index (κ2) is 9.12. The number of aromatic nitrogens is 4. The van der Waals surface area contributed by atoms with Gasteiger partial charge in [0.05, 0.1) is 34.3 Å². The van der Waals surface area contributed by atoms with Crippen LogP contribution in [0, 0.1) is 0 Å². The van der Waals surface area contributed by atoms with E-state index < -0.39 is 31.1 Å². The number of nitrogens with zero attached hydrogens (tertiary/aromatic N) is 4. The van der Waals surface area contributed by atoms with Gasteiger partial charge in [0.1, 0.15) is 24.6 Å². The SMILES string of the molecule is COc1cc(CNc2ncnc3c2ncn3[C@@H]2O[C@H](CO)[C@H](O)C2O)cc(OC)c1OC. The molecule has 3 aromatic rings. The fourth-order valence-corrected chi connectivity index (χ4v) is 3.70. The average molecular weight is 447 g/mol. The topological polar surface area (TPSA) is 153 Å². The van der Waals surface area contributed by atoms with Gasteiger partial charge < -0.3 is 39.6 Å². The Labute approximate surface area is 183 Å². The highest BCUT2D eigenvalue weighted by atomic mass is 16.6. The third kappa shape index (κ3) is 3.77. The number of aliphatic hydroxyl groups excluding tert-OH is 3. The van der Waals surface area contributed by atoms with Crippen molar-refractivity contribution in [1.29, 1.82) is 0 Å². The maximum Gasteiger partial charge on any atom is 0.203 e. The van der Waals surface area contributed by atoms with Gasteiger partial charge in [-0.2, -0.15) is 0 Å². The number of rotatable bonds is 8. The second-order valence-electron chi connectivity index (χ2n) is 7.16. The van der Waals surface area contributed by atoms with E-state index in [1.54, 1.807) is 21.3 Å². The predicted molar refractivity (Wildman–Crippen MR) is 112 cm³/mol. The van der Waals surface area contributed by atoms with Crippen LogP contribution in [0.15, 0.2) is 24.8 Å². The summed E-state index contributed by atoms with van der Waals surface area (Å²) in [5, 5.41) is 32.9. The van der Waals surface area contributed by atoms with Crippen molar-refractivity contribution in [3.05, 3.63) is 30.4 Å². The molecular formula is C20H25N5O7. The molecule has 4 rings (SSSR count). The minimum atomic E-state index is -1.24. The van der Waals surface area contributed by atoms with Crippen molar-refractivity contribution in [3.63, 3.8) is 0 Å². The summed E-state index contributed by atoms with van der Waals surface area (Å²) in [6.45, 7) is -0.0402. The molecule has 0 radical (unpaired) electrons. The zero-order valence-corrected chi connectivity index (χ0v) is 17.8. The largest absolute Gasteiger partial charge is 0.493 e. The van der Waals surface area contributed by atoms with Crippen LogP contribution in [0.5, 0.6) is 17.2 Å². The Morgan fingerprint density at radius 1 is 1.03 bits per heavy atom. The minimum absolute atomic E-state index is 0.379. The first-order valence-electron chi connectivity index (χ1n) is 9.85. The molecule has 1 aliphatic rings. The smallest absolute Gasteiger partial charge is 0.203 e. The van der Waals surface area contributed by atoms with Gasteiger partial charge in [-0.25, -0.2) is 15.0 Å². The molecular weight excluding hydrogens is 422 g/mol. The molecule has 0 spiro atoms. The van der Waals surface area contributed by atoms with E-state index in [0.29, 0.717) is 40.8 Å². The zero-order chi connectivity index (χ0) is 22.8. The van der Waals surface area contributed by atoms with Crippen molar-refractivity contribution in [1.82, 2.24) is 19.5 Å². The summed E-state index contributed by atoms with van der Waals surface area (Å²) in [5.41, 5.74) is 1.72. The van der Waals surface area contributed by atoms with Gasteiger partial charge in [0.2, 0.25) is 5.75 Å². The van der Waals surface area contributed by atoms with Crippen LogP contribution in [0.4, 0.5) is 5.82 Å². The molecule has 0 aliphatic carbocycles. The van der Waals surface area contributed by atoms with Gasteiger partial charge in [-0.1, -0.05) is 0 Å². The number of methoxy groups -OCH3 is 3. The Kier molecular flexibility index (Phi) is 6.28. The number of anilines is 1. The number of imidazole rings is 1. The Bertz CT molecular complexity index is 1070. The number of fused-ring (bicyclic) bond motifs is 1. The lowest BCUT2D eigenvalue weighted by atomic mass is 10.1. The molecule has 1 unspecified atom stereocenters. The Morgan fingerprint density at radius 2 is 1.75 bits per heavy atom. The Hall–Kier alpha value is -3.19. The predicted octanol–water partition coefficient (Wildman–Crippen LogP) is 0.0757. The fourth-order valence-electron chi connectivity index (χ4n) is 3.70. The number of hydrogen-bond donors (Lipinski definition) is 4. The lowest BCUT2D eigenvalue weighted by Gasteiger charge is -2.16. The van der Waals surface area contributed by atoms with E-state index in [1.807, 2.05) is 12.1 Å². The zero-order valence-electron chi connectivity index (χ0n) is 17.8. The van der Waals surface area contributed by atoms with E-state index in [-0.39, 0.29) is 0 Å². The molecule has 2 aromatic heterocycles. The Morgan fingerprint density at radius 3 is 2.34 bits per heavy atom. The van der Waals surface area contributed by atoms with Crippen LogP contribution in [-0.4, -0.2) is 81.1 Å². The van der Waals surface area contributed by atoms with Crippen LogP contribution in [0.3, 0.4) is 0 Å². The molecule has 4 atom stereocenters. The van der Waals surface area contributed by atoms with E-state index >= 15 is 0 Å². The highest BCUT2D eigenvalue weighted by Gasteiger charge is 2.44. The van der Waals surface area contributed by atoms with Crippen molar-refractivity contribution < 1.29 is 34.3 Å². The molecule has 32 heavy (non-hydrogen) atoms. The van der Waals surface area contributed by atoms with Gasteiger partial charge in [-0.15, -0.1) is 0 Å². The van der Waals surface area contributed by atoms with Crippen molar-refractivity contribution in [2.45, 2.75) is 31.1 Å². The number of nitrogens with one attached hydrogen (secondary N) is 1. The highest BCUT2D eigenvalue weighted by Crippen LogP contribution is 2.38. The molecule has 1 fully saturated rings. The molecule has 12 nitrogen and oxygen atoms in total. The third-order valence-electron chi connectivity index (χ3n) is 5.33. The van der Waals surface area contributed by atoms with Crippen molar-refractivity contribution >= 4 is 17.0 Å². The van der Waals surface area contributed by atoms with Crippen LogP contribution in [0.2, 0.25) is 0 Å². The van der Waals surface area contributed by atoms with Crippen molar-refractivity contribution in [2.75, 3.05) is 33.3 Å². The van der Waals surface area contributed by atoms with Crippen molar-refractivity contribution in [3.8, 4) is 17.2 Å². The number of ether oxygens (including phenoxy) is 4. The van der Waals surface area contributed by atoms with Crippen LogP contribution >= 0.6 is 0 Å². The van der Waals surface area contributed by atoms with E-state index in [2.05, 4.69) is 20.3 Å².